The summed E-state index contributed by atoms with van der Waals surface area (Å²) in [5.74, 6) is -0.781. The summed E-state index contributed by atoms with van der Waals surface area (Å²) >= 11 is 0. The number of nitrogens with one attached hydrogen (secondary N) is 3. The minimum Gasteiger partial charge on any atom is -0.377 e. The topological polar surface area (TPSA) is 99.8 Å². The van der Waals surface area contributed by atoms with Crippen LogP contribution in [0.3, 0.4) is 0 Å². The third-order valence-corrected chi connectivity index (χ3v) is 5.84. The minimum absolute atomic E-state index is 0.134. The maximum Gasteiger partial charge on any atom is 0.255 e. The third kappa shape index (κ3) is 4.66. The SMILES string of the molecule is O=C1CCC(N2Cc3ccc(CNCCOC4CCNCC4)cc3C2=O)C(=O)N1. The van der Waals surface area contributed by atoms with Gasteiger partial charge in [0.15, 0.2) is 0 Å². The summed E-state index contributed by atoms with van der Waals surface area (Å²) < 4.78 is 5.89. The molecule has 1 aromatic carbocycles. The van der Waals surface area contributed by atoms with Crippen molar-refractivity contribution in [1.82, 2.24) is 20.9 Å². The number of hydrogen-bond acceptors (Lipinski definition) is 6. The second kappa shape index (κ2) is 9.02. The van der Waals surface area contributed by atoms with Crippen molar-refractivity contribution in [3.63, 3.8) is 0 Å². The van der Waals surface area contributed by atoms with E-state index in [9.17, 15) is 14.4 Å². The molecule has 156 valence electrons. The highest BCUT2D eigenvalue weighted by Crippen LogP contribution is 2.28. The Bertz CT molecular complexity index is 791. The van der Waals surface area contributed by atoms with E-state index >= 15 is 0 Å². The molecule has 0 bridgehead atoms. The van der Waals surface area contributed by atoms with Gasteiger partial charge in [0.2, 0.25) is 11.8 Å². The van der Waals surface area contributed by atoms with Crippen LogP contribution in [0.15, 0.2) is 18.2 Å². The van der Waals surface area contributed by atoms with E-state index in [-0.39, 0.29) is 24.1 Å². The first kappa shape index (κ1) is 20.0. The largest absolute Gasteiger partial charge is 0.377 e. The number of benzene rings is 1. The maximum absolute atomic E-state index is 12.8. The lowest BCUT2D eigenvalue weighted by atomic mass is 10.0. The summed E-state index contributed by atoms with van der Waals surface area (Å²) in [7, 11) is 0. The standard InChI is InChI=1S/C21H28N4O4/c26-19-4-3-18(20(27)24-19)25-13-15-2-1-14(11-17(15)21(25)28)12-23-9-10-29-16-5-7-22-8-6-16/h1-2,11,16,18,22-23H,3-10,12-13H2,(H,24,26,27). The van der Waals surface area contributed by atoms with Gasteiger partial charge in [0.1, 0.15) is 6.04 Å². The molecule has 0 saturated carbocycles. The van der Waals surface area contributed by atoms with E-state index in [0.29, 0.717) is 37.8 Å². The highest BCUT2D eigenvalue weighted by atomic mass is 16.5. The van der Waals surface area contributed by atoms with Gasteiger partial charge in [0.25, 0.3) is 5.91 Å². The van der Waals surface area contributed by atoms with E-state index in [1.807, 2.05) is 18.2 Å². The molecule has 2 fully saturated rings. The zero-order valence-corrected chi connectivity index (χ0v) is 16.5. The number of carbonyl (C=O) groups excluding carboxylic acids is 3. The number of ether oxygens (including phenoxy) is 1. The molecular weight excluding hydrogens is 372 g/mol. The fourth-order valence-electron chi connectivity index (χ4n) is 4.20. The van der Waals surface area contributed by atoms with Crippen LogP contribution in [0.1, 0.15) is 47.2 Å². The molecule has 29 heavy (non-hydrogen) atoms. The van der Waals surface area contributed by atoms with Gasteiger partial charge in [-0.1, -0.05) is 12.1 Å². The lowest BCUT2D eigenvalue weighted by Gasteiger charge is -2.29. The third-order valence-electron chi connectivity index (χ3n) is 5.84. The number of rotatable bonds is 7. The van der Waals surface area contributed by atoms with Crippen molar-refractivity contribution in [3.05, 3.63) is 34.9 Å². The van der Waals surface area contributed by atoms with Crippen LogP contribution in [0.4, 0.5) is 0 Å². The van der Waals surface area contributed by atoms with E-state index in [0.717, 1.165) is 43.6 Å². The van der Waals surface area contributed by atoms with E-state index in [1.165, 1.54) is 0 Å². The number of imide groups is 1. The van der Waals surface area contributed by atoms with E-state index < -0.39 is 6.04 Å². The van der Waals surface area contributed by atoms with Gasteiger partial charge in [-0.05, 0) is 49.5 Å². The van der Waals surface area contributed by atoms with Gasteiger partial charge in [0, 0.05) is 31.6 Å². The molecule has 8 heteroatoms. The van der Waals surface area contributed by atoms with Crippen LogP contribution in [0.2, 0.25) is 0 Å². The monoisotopic (exact) mass is 400 g/mol. The van der Waals surface area contributed by atoms with Crippen molar-refractivity contribution in [1.29, 1.82) is 0 Å². The number of piperidine rings is 2. The van der Waals surface area contributed by atoms with Crippen molar-refractivity contribution in [2.24, 2.45) is 0 Å². The fraction of sp³-hybridized carbons (Fsp3) is 0.571. The Morgan fingerprint density at radius 3 is 2.76 bits per heavy atom. The number of hydrogen-bond donors (Lipinski definition) is 3. The first-order valence-corrected chi connectivity index (χ1v) is 10.4. The van der Waals surface area contributed by atoms with Crippen LogP contribution in [0.25, 0.3) is 0 Å². The summed E-state index contributed by atoms with van der Waals surface area (Å²) in [4.78, 5) is 37.9. The summed E-state index contributed by atoms with van der Waals surface area (Å²) in [6.07, 6.45) is 3.14. The molecule has 3 aliphatic heterocycles. The highest BCUT2D eigenvalue weighted by Gasteiger charge is 2.39. The Balaban J connectivity index is 1.27. The van der Waals surface area contributed by atoms with Crippen LogP contribution >= 0.6 is 0 Å². The molecule has 0 radical (unpaired) electrons. The van der Waals surface area contributed by atoms with Crippen molar-refractivity contribution >= 4 is 17.7 Å². The molecule has 0 aliphatic carbocycles. The molecule has 1 aromatic rings. The van der Waals surface area contributed by atoms with Crippen LogP contribution in [0, 0.1) is 0 Å². The van der Waals surface area contributed by atoms with Gasteiger partial charge >= 0.3 is 0 Å². The summed E-state index contributed by atoms with van der Waals surface area (Å²) in [6, 6.07) is 5.31. The second-order valence-electron chi connectivity index (χ2n) is 7.89. The molecule has 0 aromatic heterocycles. The first-order chi connectivity index (χ1) is 14.1. The summed E-state index contributed by atoms with van der Waals surface area (Å²) in [5.41, 5.74) is 2.61. The van der Waals surface area contributed by atoms with Crippen LogP contribution in [-0.4, -0.2) is 61.0 Å². The molecule has 2 saturated heterocycles. The molecular formula is C21H28N4O4. The van der Waals surface area contributed by atoms with Gasteiger partial charge in [0.05, 0.1) is 12.7 Å². The second-order valence-corrected chi connectivity index (χ2v) is 7.89. The lowest BCUT2D eigenvalue weighted by Crippen LogP contribution is -2.52. The minimum atomic E-state index is -0.568. The summed E-state index contributed by atoms with van der Waals surface area (Å²) in [6.45, 7) is 4.57. The Morgan fingerprint density at radius 2 is 1.97 bits per heavy atom. The Morgan fingerprint density at radius 1 is 1.14 bits per heavy atom. The molecule has 3 N–H and O–H groups in total. The van der Waals surface area contributed by atoms with E-state index in [4.69, 9.17) is 4.74 Å². The Labute approximate surface area is 170 Å². The summed E-state index contributed by atoms with van der Waals surface area (Å²) in [5, 5.41) is 9.02. The lowest BCUT2D eigenvalue weighted by molar-refractivity contribution is -0.136. The Hall–Kier alpha value is -2.29. The van der Waals surface area contributed by atoms with Crippen molar-refractivity contribution in [3.8, 4) is 0 Å². The predicted octanol–water partition coefficient (Wildman–Crippen LogP) is 0.306. The van der Waals surface area contributed by atoms with E-state index in [1.54, 1.807) is 4.90 Å². The van der Waals surface area contributed by atoms with Crippen LogP contribution in [-0.2, 0) is 27.4 Å². The van der Waals surface area contributed by atoms with Gasteiger partial charge in [-0.15, -0.1) is 0 Å². The van der Waals surface area contributed by atoms with Gasteiger partial charge in [-0.25, -0.2) is 0 Å². The maximum atomic E-state index is 12.8. The molecule has 0 spiro atoms. The van der Waals surface area contributed by atoms with Crippen LogP contribution < -0.4 is 16.0 Å². The number of carbonyl (C=O) groups is 3. The van der Waals surface area contributed by atoms with E-state index in [2.05, 4.69) is 16.0 Å². The molecule has 3 heterocycles. The van der Waals surface area contributed by atoms with Crippen molar-refractivity contribution in [2.45, 2.75) is 50.9 Å². The zero-order valence-electron chi connectivity index (χ0n) is 16.5. The molecule has 3 aliphatic rings. The van der Waals surface area contributed by atoms with Crippen molar-refractivity contribution in [2.75, 3.05) is 26.2 Å². The van der Waals surface area contributed by atoms with Gasteiger partial charge < -0.3 is 20.3 Å². The first-order valence-electron chi connectivity index (χ1n) is 10.4. The quantitative estimate of drug-likeness (QED) is 0.450. The van der Waals surface area contributed by atoms with Crippen molar-refractivity contribution < 1.29 is 19.1 Å². The number of nitrogens with zero attached hydrogens (tertiary/aromatic N) is 1. The zero-order chi connectivity index (χ0) is 20.2. The number of amides is 3. The fourth-order valence-corrected chi connectivity index (χ4v) is 4.20. The Kier molecular flexibility index (Phi) is 6.22. The smallest absolute Gasteiger partial charge is 0.255 e. The average molecular weight is 400 g/mol. The van der Waals surface area contributed by atoms with Crippen LogP contribution in [0.5, 0.6) is 0 Å². The average Bonchev–Trinajstić information content (AvgIpc) is 3.04. The molecule has 1 atom stereocenters. The molecule has 3 amide bonds. The highest BCUT2D eigenvalue weighted by molar-refractivity contribution is 6.05. The predicted molar refractivity (Wildman–Crippen MR) is 106 cm³/mol. The molecule has 1 unspecified atom stereocenters. The molecule has 8 nitrogen and oxygen atoms in total. The van der Waals surface area contributed by atoms with Gasteiger partial charge in [-0.2, -0.15) is 0 Å². The normalized spacial score (nSPS) is 22.7. The molecule has 4 rings (SSSR count). The van der Waals surface area contributed by atoms with Gasteiger partial charge in [-0.3, -0.25) is 19.7 Å². The number of fused-ring (bicyclic) bond motifs is 1.